The number of benzene rings is 1. The first-order valence-corrected chi connectivity index (χ1v) is 9.77. The molecular weight excluding hydrogens is 346 g/mol. The van der Waals surface area contributed by atoms with E-state index in [-0.39, 0.29) is 18.0 Å². The minimum absolute atomic E-state index is 0.0706. The van der Waals surface area contributed by atoms with Crippen molar-refractivity contribution in [3.63, 3.8) is 0 Å². The second-order valence-corrected chi connectivity index (χ2v) is 7.03. The normalized spacial score (nSPS) is 22.1. The first-order chi connectivity index (χ1) is 13.2. The van der Waals surface area contributed by atoms with Gasteiger partial charge in [-0.3, -0.25) is 9.69 Å². The van der Waals surface area contributed by atoms with E-state index in [2.05, 4.69) is 15.5 Å². The van der Waals surface area contributed by atoms with Crippen LogP contribution in [0.5, 0.6) is 11.5 Å². The number of hydrogen-bond donors (Lipinski definition) is 2. The molecule has 3 rings (SSSR count). The smallest absolute Gasteiger partial charge is 0.237 e. The van der Waals surface area contributed by atoms with Crippen molar-refractivity contribution in [1.82, 2.24) is 15.5 Å². The molecule has 7 heteroatoms. The Morgan fingerprint density at radius 1 is 1.26 bits per heavy atom. The summed E-state index contributed by atoms with van der Waals surface area (Å²) in [5, 5.41) is 6.47. The van der Waals surface area contributed by atoms with E-state index in [0.717, 1.165) is 44.5 Å². The van der Waals surface area contributed by atoms with Crippen molar-refractivity contribution >= 4 is 5.91 Å². The molecule has 0 bridgehead atoms. The molecule has 0 saturated carbocycles. The molecule has 1 amide bonds. The molecule has 150 valence electrons. The van der Waals surface area contributed by atoms with E-state index in [1.807, 2.05) is 18.2 Å². The van der Waals surface area contributed by atoms with Crippen LogP contribution in [0.1, 0.15) is 30.9 Å². The summed E-state index contributed by atoms with van der Waals surface area (Å²) in [6.45, 7) is 4.59. The standard InChI is InChI=1S/C20H31N3O4/c1-25-18-7-6-15(13-19(18)26-2)17(23-9-11-27-12-10-23)14-22-20(24)16-5-3-4-8-21-16/h6-7,13,16-17,21H,3-5,8-12,14H2,1-2H3,(H,22,24). The van der Waals surface area contributed by atoms with Gasteiger partial charge in [0.2, 0.25) is 5.91 Å². The van der Waals surface area contributed by atoms with E-state index in [0.29, 0.717) is 31.3 Å². The Bertz CT molecular complexity index is 613. The molecule has 0 spiro atoms. The van der Waals surface area contributed by atoms with Crippen LogP contribution in [0.2, 0.25) is 0 Å². The largest absolute Gasteiger partial charge is 0.493 e. The number of rotatable bonds is 7. The van der Waals surface area contributed by atoms with Crippen LogP contribution in [-0.4, -0.2) is 70.5 Å². The Morgan fingerprint density at radius 3 is 2.70 bits per heavy atom. The van der Waals surface area contributed by atoms with Gasteiger partial charge < -0.3 is 24.8 Å². The van der Waals surface area contributed by atoms with Crippen LogP contribution in [0.15, 0.2) is 18.2 Å². The van der Waals surface area contributed by atoms with Gasteiger partial charge in [-0.15, -0.1) is 0 Å². The average molecular weight is 377 g/mol. The van der Waals surface area contributed by atoms with Crippen LogP contribution >= 0.6 is 0 Å². The number of piperidine rings is 1. The Kier molecular flexibility index (Phi) is 7.32. The summed E-state index contributed by atoms with van der Waals surface area (Å²) in [6, 6.07) is 5.97. The minimum Gasteiger partial charge on any atom is -0.493 e. The second kappa shape index (κ2) is 9.92. The molecule has 2 aliphatic heterocycles. The number of carbonyl (C=O) groups is 1. The molecule has 2 aliphatic rings. The third-order valence-electron chi connectivity index (χ3n) is 5.38. The monoisotopic (exact) mass is 377 g/mol. The van der Waals surface area contributed by atoms with Crippen LogP contribution in [0.4, 0.5) is 0 Å². The van der Waals surface area contributed by atoms with Gasteiger partial charge in [0.25, 0.3) is 0 Å². The number of nitrogens with one attached hydrogen (secondary N) is 2. The summed E-state index contributed by atoms with van der Waals surface area (Å²) in [6.07, 6.45) is 3.16. The van der Waals surface area contributed by atoms with E-state index in [1.165, 1.54) is 0 Å². The molecule has 1 aromatic carbocycles. The van der Waals surface area contributed by atoms with Crippen LogP contribution < -0.4 is 20.1 Å². The van der Waals surface area contributed by atoms with Crippen LogP contribution in [0.3, 0.4) is 0 Å². The quantitative estimate of drug-likeness (QED) is 0.747. The molecule has 2 N–H and O–H groups in total. The van der Waals surface area contributed by atoms with Gasteiger partial charge in [0, 0.05) is 19.6 Å². The molecule has 2 atom stereocenters. The summed E-state index contributed by atoms with van der Waals surface area (Å²) in [5.74, 6) is 1.50. The zero-order valence-corrected chi connectivity index (χ0v) is 16.3. The first-order valence-electron chi connectivity index (χ1n) is 9.77. The number of hydrogen-bond acceptors (Lipinski definition) is 6. The van der Waals surface area contributed by atoms with Gasteiger partial charge in [0.05, 0.1) is 39.5 Å². The maximum absolute atomic E-state index is 12.6. The van der Waals surface area contributed by atoms with Crippen molar-refractivity contribution in [3.05, 3.63) is 23.8 Å². The molecule has 0 radical (unpaired) electrons. The van der Waals surface area contributed by atoms with Gasteiger partial charge in [-0.25, -0.2) is 0 Å². The zero-order chi connectivity index (χ0) is 19.1. The molecule has 2 unspecified atom stereocenters. The van der Waals surface area contributed by atoms with Gasteiger partial charge in [0.15, 0.2) is 11.5 Å². The fourth-order valence-corrected chi connectivity index (χ4v) is 3.80. The van der Waals surface area contributed by atoms with Crippen molar-refractivity contribution in [3.8, 4) is 11.5 Å². The summed E-state index contributed by atoms with van der Waals surface area (Å²) in [4.78, 5) is 14.9. The molecule has 2 heterocycles. The van der Waals surface area contributed by atoms with Crippen molar-refractivity contribution in [2.75, 3.05) is 53.6 Å². The SMILES string of the molecule is COc1ccc(C(CNC(=O)C2CCCCN2)N2CCOCC2)cc1OC. The number of ether oxygens (including phenoxy) is 3. The van der Waals surface area contributed by atoms with E-state index >= 15 is 0 Å². The molecule has 2 fully saturated rings. The number of morpholine rings is 1. The second-order valence-electron chi connectivity index (χ2n) is 7.03. The van der Waals surface area contributed by atoms with E-state index in [9.17, 15) is 4.79 Å². The summed E-state index contributed by atoms with van der Waals surface area (Å²) >= 11 is 0. The van der Waals surface area contributed by atoms with Gasteiger partial charge in [0.1, 0.15) is 0 Å². The molecule has 0 aliphatic carbocycles. The number of carbonyl (C=O) groups excluding carboxylic acids is 1. The van der Waals surface area contributed by atoms with Crippen molar-refractivity contribution in [2.24, 2.45) is 0 Å². The third kappa shape index (κ3) is 5.12. The van der Waals surface area contributed by atoms with E-state index < -0.39 is 0 Å². The Morgan fingerprint density at radius 2 is 2.04 bits per heavy atom. The maximum Gasteiger partial charge on any atom is 0.237 e. The lowest BCUT2D eigenvalue weighted by Crippen LogP contribution is -2.49. The molecule has 0 aromatic heterocycles. The van der Waals surface area contributed by atoms with Gasteiger partial charge >= 0.3 is 0 Å². The van der Waals surface area contributed by atoms with E-state index in [1.54, 1.807) is 14.2 Å². The van der Waals surface area contributed by atoms with Crippen LogP contribution in [0.25, 0.3) is 0 Å². The predicted molar refractivity (Wildman–Crippen MR) is 103 cm³/mol. The van der Waals surface area contributed by atoms with E-state index in [4.69, 9.17) is 14.2 Å². The fourth-order valence-electron chi connectivity index (χ4n) is 3.80. The molecule has 27 heavy (non-hydrogen) atoms. The maximum atomic E-state index is 12.6. The van der Waals surface area contributed by atoms with Crippen molar-refractivity contribution in [2.45, 2.75) is 31.3 Å². The average Bonchev–Trinajstić information content (AvgIpc) is 2.75. The van der Waals surface area contributed by atoms with Gasteiger partial charge in [-0.1, -0.05) is 12.5 Å². The first kappa shape index (κ1) is 19.9. The topological polar surface area (TPSA) is 72.1 Å². The third-order valence-corrected chi connectivity index (χ3v) is 5.38. The molecule has 1 aromatic rings. The number of methoxy groups -OCH3 is 2. The van der Waals surface area contributed by atoms with Crippen LogP contribution in [-0.2, 0) is 9.53 Å². The highest BCUT2D eigenvalue weighted by Gasteiger charge is 2.26. The van der Waals surface area contributed by atoms with Crippen molar-refractivity contribution in [1.29, 1.82) is 0 Å². The number of amides is 1. The van der Waals surface area contributed by atoms with Crippen molar-refractivity contribution < 1.29 is 19.0 Å². The summed E-state index contributed by atoms with van der Waals surface area (Å²) in [7, 11) is 3.27. The lowest BCUT2D eigenvalue weighted by molar-refractivity contribution is -0.124. The van der Waals surface area contributed by atoms with Crippen LogP contribution in [0, 0.1) is 0 Å². The highest BCUT2D eigenvalue weighted by Crippen LogP contribution is 2.32. The molecular formula is C20H31N3O4. The lowest BCUT2D eigenvalue weighted by Gasteiger charge is -2.35. The minimum atomic E-state index is -0.0745. The Labute approximate surface area is 161 Å². The lowest BCUT2D eigenvalue weighted by atomic mass is 10.0. The fraction of sp³-hybridized carbons (Fsp3) is 0.650. The Hall–Kier alpha value is -1.83. The summed E-state index contributed by atoms with van der Waals surface area (Å²) < 4.78 is 16.3. The number of nitrogens with zero attached hydrogens (tertiary/aromatic N) is 1. The van der Waals surface area contributed by atoms with Gasteiger partial charge in [-0.05, 0) is 37.1 Å². The summed E-state index contributed by atoms with van der Waals surface area (Å²) in [5.41, 5.74) is 1.10. The van der Waals surface area contributed by atoms with Gasteiger partial charge in [-0.2, -0.15) is 0 Å². The Balaban J connectivity index is 1.73. The molecule has 2 saturated heterocycles. The predicted octanol–water partition coefficient (Wildman–Crippen LogP) is 1.34. The molecule has 7 nitrogen and oxygen atoms in total. The zero-order valence-electron chi connectivity index (χ0n) is 16.3. The highest BCUT2D eigenvalue weighted by molar-refractivity contribution is 5.81. The highest BCUT2D eigenvalue weighted by atomic mass is 16.5.